The van der Waals surface area contributed by atoms with Crippen LogP contribution in [0.25, 0.3) is 66.9 Å². The predicted molar refractivity (Wildman–Crippen MR) is 249 cm³/mol. The van der Waals surface area contributed by atoms with Gasteiger partial charge in [0.05, 0.1) is 57.8 Å². The zero-order valence-electron chi connectivity index (χ0n) is 38.0. The van der Waals surface area contributed by atoms with Gasteiger partial charge >= 0.3 is 0 Å². The monoisotopic (exact) mass is 876 g/mol. The molecule has 0 fully saturated rings. The topological polar surface area (TPSA) is 223 Å². The van der Waals surface area contributed by atoms with Crippen LogP contribution in [0.1, 0.15) is 73.4 Å². The van der Waals surface area contributed by atoms with E-state index in [1.807, 2.05) is 72.3 Å². The number of aromatic nitrogens is 10. The van der Waals surface area contributed by atoms with E-state index in [1.54, 1.807) is 58.4 Å². The first-order valence-corrected chi connectivity index (χ1v) is 24.5. The van der Waals surface area contributed by atoms with Crippen molar-refractivity contribution in [2.45, 2.75) is 85.0 Å². The van der Waals surface area contributed by atoms with Gasteiger partial charge in [-0.2, -0.15) is 20.7 Å². The average Bonchev–Trinajstić information content (AvgIpc) is 3.99. The summed E-state index contributed by atoms with van der Waals surface area (Å²) in [6.07, 6.45) is 6.65. The number of aryl methyl sites for hydroxylation is 2. The first-order chi connectivity index (χ1) is 30.1. The Labute approximate surface area is 371 Å². The number of ether oxygens (including phenoxy) is 1. The highest BCUT2D eigenvalue weighted by Gasteiger charge is 2.25. The Hall–Kier alpha value is -7.28. The van der Waals surface area contributed by atoms with E-state index >= 15 is 0 Å². The molecule has 2 amide bonds. The van der Waals surface area contributed by atoms with Crippen LogP contribution in [0.2, 0.25) is 25.7 Å². The highest BCUT2D eigenvalue weighted by Crippen LogP contribution is 2.31. The van der Waals surface area contributed by atoms with E-state index in [9.17, 15) is 20.1 Å². The van der Waals surface area contributed by atoms with Crippen molar-refractivity contribution < 1.29 is 14.3 Å². The molecule has 6 aromatic heterocycles. The summed E-state index contributed by atoms with van der Waals surface area (Å²) in [5.41, 5.74) is 7.30. The van der Waals surface area contributed by atoms with E-state index in [-0.39, 0.29) is 24.1 Å². The van der Waals surface area contributed by atoms with Crippen molar-refractivity contribution in [3.63, 3.8) is 0 Å². The summed E-state index contributed by atoms with van der Waals surface area (Å²) >= 11 is 0. The molecule has 6 heterocycles. The third-order valence-corrected chi connectivity index (χ3v) is 11.8. The number of nitrogens with one attached hydrogen (secondary N) is 3. The maximum atomic E-state index is 13.2. The number of nitrogens with zero attached hydrogens (tertiary/aromatic N) is 11. The molecule has 328 valence electrons. The second-order valence-corrected chi connectivity index (χ2v) is 24.6. The van der Waals surface area contributed by atoms with Crippen molar-refractivity contribution in [3.05, 3.63) is 83.4 Å². The largest absolute Gasteiger partial charge is 0.361 e. The standard InChI is InChI=1S/C26H33N7O2Si.C20H19N7O/c1-26(2,3)30-25(34)19-15-33(16-35-10-11-36(5,6)7)24-23(19)29-20(14-28-24)22-18-12-17(13-27)8-9-21(18)32(4)31-22;1-20(2,3)25-19(28)13-9-22-18-17(13)24-14(10-23-18)16-12-7-11(8-21)5-6-15(12)27(4)26-16/h8-9,12,14-15H,10-11,16H2,1-7H3,(H,30,34);5-7,9-10H,1-4H3,(H,22,23)(H,25,28). The molecule has 0 radical (unpaired) electrons. The smallest absolute Gasteiger partial charge is 0.255 e. The molecule has 3 N–H and O–H groups in total. The Morgan fingerprint density at radius 3 is 1.80 bits per heavy atom. The van der Waals surface area contributed by atoms with Crippen molar-refractivity contribution in [1.82, 2.24) is 59.7 Å². The van der Waals surface area contributed by atoms with Crippen LogP contribution < -0.4 is 10.6 Å². The van der Waals surface area contributed by atoms with Gasteiger partial charge in [-0.25, -0.2) is 19.9 Å². The van der Waals surface area contributed by atoms with E-state index in [0.717, 1.165) is 27.8 Å². The number of hydrogen-bond acceptors (Lipinski definition) is 11. The van der Waals surface area contributed by atoms with Gasteiger partial charge in [-0.3, -0.25) is 19.0 Å². The van der Waals surface area contributed by atoms with Crippen molar-refractivity contribution in [3.8, 4) is 34.9 Å². The van der Waals surface area contributed by atoms with Crippen LogP contribution in [0.4, 0.5) is 0 Å². The molecule has 0 aliphatic heterocycles. The van der Waals surface area contributed by atoms with E-state index in [1.165, 1.54) is 0 Å². The Kier molecular flexibility index (Phi) is 12.0. The summed E-state index contributed by atoms with van der Waals surface area (Å²) in [5, 5.41) is 35.4. The number of aromatic amines is 1. The summed E-state index contributed by atoms with van der Waals surface area (Å²) in [6.45, 7) is 19.5. The molecule has 0 saturated heterocycles. The summed E-state index contributed by atoms with van der Waals surface area (Å²) in [6, 6.07) is 16.2. The number of fused-ring (bicyclic) bond motifs is 4. The van der Waals surface area contributed by atoms with Crippen molar-refractivity contribution in [1.29, 1.82) is 10.5 Å². The molecule has 0 unspecified atom stereocenters. The molecule has 0 aliphatic carbocycles. The molecule has 0 atom stereocenters. The van der Waals surface area contributed by atoms with Gasteiger partial charge in [0.15, 0.2) is 11.3 Å². The van der Waals surface area contributed by atoms with Crippen LogP contribution in [-0.4, -0.2) is 86.6 Å². The highest BCUT2D eigenvalue weighted by atomic mass is 28.3. The second-order valence-electron chi connectivity index (χ2n) is 19.0. The number of H-pyrrole nitrogens is 1. The number of carbonyl (C=O) groups is 2. The Balaban J connectivity index is 0.000000197. The van der Waals surface area contributed by atoms with Crippen molar-refractivity contribution in [2.75, 3.05) is 6.61 Å². The molecule has 8 aromatic rings. The fourth-order valence-corrected chi connectivity index (χ4v) is 7.77. The molecule has 0 saturated carbocycles. The lowest BCUT2D eigenvalue weighted by Gasteiger charge is -2.20. The Morgan fingerprint density at radius 1 is 0.766 bits per heavy atom. The second kappa shape index (κ2) is 17.1. The molecule has 64 heavy (non-hydrogen) atoms. The minimum atomic E-state index is -1.22. The molecule has 0 bridgehead atoms. The van der Waals surface area contributed by atoms with Crippen LogP contribution in [0.15, 0.2) is 61.2 Å². The van der Waals surface area contributed by atoms with Gasteiger partial charge in [-0.15, -0.1) is 0 Å². The minimum absolute atomic E-state index is 0.220. The van der Waals surface area contributed by atoms with Crippen LogP contribution in [0.3, 0.4) is 0 Å². The number of rotatable bonds is 9. The fraction of sp³-hybridized carbons (Fsp3) is 0.348. The first kappa shape index (κ1) is 44.8. The molecule has 2 aromatic carbocycles. The fourth-order valence-electron chi connectivity index (χ4n) is 7.01. The molecular weight excluding hydrogens is 825 g/mol. The molecule has 0 spiro atoms. The summed E-state index contributed by atoms with van der Waals surface area (Å²) in [4.78, 5) is 47.4. The molecule has 18 heteroatoms. The lowest BCUT2D eigenvalue weighted by molar-refractivity contribution is 0.0884. The van der Waals surface area contributed by atoms with E-state index in [0.29, 0.717) is 74.0 Å². The quantitative estimate of drug-likeness (QED) is 0.0945. The number of benzene rings is 2. The molecular formula is C46H52N14O3Si. The van der Waals surface area contributed by atoms with Gasteiger partial charge < -0.3 is 24.9 Å². The lowest BCUT2D eigenvalue weighted by atomic mass is 10.1. The van der Waals surface area contributed by atoms with Gasteiger partial charge in [0.25, 0.3) is 11.8 Å². The molecule has 8 rings (SSSR count). The first-order valence-electron chi connectivity index (χ1n) is 20.8. The van der Waals surface area contributed by atoms with Gasteiger partial charge in [-0.1, -0.05) is 19.6 Å². The maximum absolute atomic E-state index is 13.2. The lowest BCUT2D eigenvalue weighted by Crippen LogP contribution is -2.40. The Morgan fingerprint density at radius 2 is 1.28 bits per heavy atom. The maximum Gasteiger partial charge on any atom is 0.255 e. The van der Waals surface area contributed by atoms with Gasteiger partial charge in [0, 0.05) is 63.0 Å². The van der Waals surface area contributed by atoms with Crippen LogP contribution in [0, 0.1) is 22.7 Å². The SMILES string of the molecule is Cn1nc(-c2cnc3[nH]cc(C(=O)NC(C)(C)C)c3n2)c2cc(C#N)ccc21.Cn1nc(-c2cnc3c(n2)c(C(=O)NC(C)(C)C)cn3COCC[Si](C)(C)C)c2cc(C#N)ccc21. The van der Waals surface area contributed by atoms with Gasteiger partial charge in [0.1, 0.15) is 40.5 Å². The summed E-state index contributed by atoms with van der Waals surface area (Å²) < 4.78 is 11.3. The number of nitriles is 2. The van der Waals surface area contributed by atoms with Gasteiger partial charge in [0.2, 0.25) is 0 Å². The number of amides is 2. The number of carbonyl (C=O) groups excluding carboxylic acids is 2. The predicted octanol–water partition coefficient (Wildman–Crippen LogP) is 7.61. The Bertz CT molecular complexity index is 3180. The van der Waals surface area contributed by atoms with E-state index < -0.39 is 13.6 Å². The number of hydrogen-bond donors (Lipinski definition) is 3. The van der Waals surface area contributed by atoms with Crippen molar-refractivity contribution in [2.24, 2.45) is 14.1 Å². The van der Waals surface area contributed by atoms with Crippen LogP contribution in [0.5, 0.6) is 0 Å². The van der Waals surface area contributed by atoms with Crippen LogP contribution in [-0.2, 0) is 25.6 Å². The average molecular weight is 877 g/mol. The van der Waals surface area contributed by atoms with Crippen molar-refractivity contribution >= 4 is 64.0 Å². The van der Waals surface area contributed by atoms with E-state index in [4.69, 9.17) is 9.72 Å². The zero-order chi connectivity index (χ0) is 46.3. The van der Waals surface area contributed by atoms with E-state index in [2.05, 4.69) is 72.5 Å². The third-order valence-electron chi connectivity index (χ3n) is 10.1. The minimum Gasteiger partial charge on any atom is -0.361 e. The van der Waals surface area contributed by atoms with Gasteiger partial charge in [-0.05, 0) is 84.0 Å². The molecule has 17 nitrogen and oxygen atoms in total. The zero-order valence-corrected chi connectivity index (χ0v) is 39.0. The summed E-state index contributed by atoms with van der Waals surface area (Å²) in [7, 11) is 2.47. The highest BCUT2D eigenvalue weighted by molar-refractivity contribution is 6.76. The normalized spacial score (nSPS) is 12.0. The van der Waals surface area contributed by atoms with Crippen LogP contribution >= 0.6 is 0 Å². The third kappa shape index (κ3) is 9.68. The molecule has 0 aliphatic rings. The summed E-state index contributed by atoms with van der Waals surface area (Å²) in [5.74, 6) is -0.444.